The Bertz CT molecular complexity index is 706. The van der Waals surface area contributed by atoms with Crippen LogP contribution in [0.4, 0.5) is 5.69 Å². The molecule has 0 saturated heterocycles. The molecule has 0 radical (unpaired) electrons. The van der Waals surface area contributed by atoms with Crippen LogP contribution in [0, 0.1) is 20.8 Å². The number of hydrogen-bond acceptors (Lipinski definition) is 2. The van der Waals surface area contributed by atoms with Crippen LogP contribution in [-0.2, 0) is 10.0 Å². The normalized spacial score (nSPS) is 11.3. The van der Waals surface area contributed by atoms with Crippen molar-refractivity contribution in [2.45, 2.75) is 25.7 Å². The summed E-state index contributed by atoms with van der Waals surface area (Å²) < 4.78 is 27.2. The van der Waals surface area contributed by atoms with Crippen LogP contribution in [0.2, 0.25) is 0 Å². The van der Waals surface area contributed by atoms with E-state index in [0.29, 0.717) is 10.6 Å². The maximum atomic E-state index is 12.3. The van der Waals surface area contributed by atoms with E-state index in [-0.39, 0.29) is 0 Å². The molecule has 0 atom stereocenters. The van der Waals surface area contributed by atoms with Gasteiger partial charge >= 0.3 is 0 Å². The molecule has 0 aliphatic carbocycles. The molecule has 1 N–H and O–H groups in total. The highest BCUT2D eigenvalue weighted by molar-refractivity contribution is 7.92. The Morgan fingerprint density at radius 2 is 1.53 bits per heavy atom. The Balaban J connectivity index is 2.38. The molecule has 4 heteroatoms. The average Bonchev–Trinajstić information content (AvgIpc) is 2.35. The number of nitrogens with one attached hydrogen (secondary N) is 1. The fourth-order valence-electron chi connectivity index (χ4n) is 1.77. The van der Waals surface area contributed by atoms with Gasteiger partial charge in [-0.3, -0.25) is 4.72 Å². The molecule has 2 rings (SSSR count). The Hall–Kier alpha value is -1.81. The molecule has 0 heterocycles. The molecule has 0 aromatic heterocycles. The third-order valence-corrected chi connectivity index (χ3v) is 4.54. The molecule has 0 fully saturated rings. The first-order valence-corrected chi connectivity index (χ1v) is 7.54. The minimum absolute atomic E-state index is 0.291. The first-order valence-electron chi connectivity index (χ1n) is 6.06. The van der Waals surface area contributed by atoms with Crippen LogP contribution in [0.15, 0.2) is 47.4 Å². The fraction of sp³-hybridized carbons (Fsp3) is 0.200. The summed E-state index contributed by atoms with van der Waals surface area (Å²) in [5, 5.41) is 0. The monoisotopic (exact) mass is 275 g/mol. The van der Waals surface area contributed by atoms with Gasteiger partial charge in [0, 0.05) is 0 Å². The lowest BCUT2D eigenvalue weighted by Crippen LogP contribution is -2.14. The van der Waals surface area contributed by atoms with Crippen LogP contribution in [0.25, 0.3) is 0 Å². The second kappa shape index (κ2) is 5.05. The molecule has 0 amide bonds. The predicted octanol–water partition coefficient (Wildman–Crippen LogP) is 3.41. The lowest BCUT2D eigenvalue weighted by molar-refractivity contribution is 0.601. The van der Waals surface area contributed by atoms with Crippen LogP contribution >= 0.6 is 0 Å². The molecule has 2 aromatic carbocycles. The number of anilines is 1. The standard InChI is InChI=1S/C15H17NO2S/c1-11-8-9-14(10-13(11)3)19(17,18)16-15-7-5-4-6-12(15)2/h4-10,16H,1-3H3. The molecule has 0 bridgehead atoms. The van der Waals surface area contributed by atoms with E-state index in [1.807, 2.05) is 45.0 Å². The lowest BCUT2D eigenvalue weighted by atomic mass is 10.1. The first kappa shape index (κ1) is 13.6. The van der Waals surface area contributed by atoms with Crippen molar-refractivity contribution in [1.29, 1.82) is 0 Å². The van der Waals surface area contributed by atoms with Gasteiger partial charge in [-0.05, 0) is 55.7 Å². The van der Waals surface area contributed by atoms with Crippen molar-refractivity contribution < 1.29 is 8.42 Å². The Morgan fingerprint density at radius 3 is 2.16 bits per heavy atom. The SMILES string of the molecule is Cc1ccc(S(=O)(=O)Nc2ccccc2C)cc1C. The zero-order chi connectivity index (χ0) is 14.0. The van der Waals surface area contributed by atoms with Gasteiger partial charge in [-0.25, -0.2) is 8.42 Å². The van der Waals surface area contributed by atoms with Crippen LogP contribution in [0.1, 0.15) is 16.7 Å². The third kappa shape index (κ3) is 2.96. The topological polar surface area (TPSA) is 46.2 Å². The van der Waals surface area contributed by atoms with Crippen molar-refractivity contribution in [3.05, 3.63) is 59.2 Å². The summed E-state index contributed by atoms with van der Waals surface area (Å²) in [5.41, 5.74) is 3.55. The highest BCUT2D eigenvalue weighted by Gasteiger charge is 2.15. The van der Waals surface area contributed by atoms with Gasteiger partial charge < -0.3 is 0 Å². The summed E-state index contributed by atoms with van der Waals surface area (Å²) in [4.78, 5) is 0.291. The Kier molecular flexibility index (Phi) is 3.62. The van der Waals surface area contributed by atoms with Crippen LogP contribution in [0.3, 0.4) is 0 Å². The fourth-order valence-corrected chi connectivity index (χ4v) is 2.99. The highest BCUT2D eigenvalue weighted by Crippen LogP contribution is 2.20. The predicted molar refractivity (Wildman–Crippen MR) is 77.9 cm³/mol. The van der Waals surface area contributed by atoms with E-state index < -0.39 is 10.0 Å². The number of hydrogen-bond donors (Lipinski definition) is 1. The Labute approximate surface area is 114 Å². The number of sulfonamides is 1. The van der Waals surface area contributed by atoms with E-state index >= 15 is 0 Å². The van der Waals surface area contributed by atoms with Gasteiger partial charge in [0.1, 0.15) is 0 Å². The summed E-state index contributed by atoms with van der Waals surface area (Å²) in [6.45, 7) is 5.74. The van der Waals surface area contributed by atoms with E-state index in [1.54, 1.807) is 18.2 Å². The smallest absolute Gasteiger partial charge is 0.261 e. The van der Waals surface area contributed by atoms with Crippen LogP contribution in [0.5, 0.6) is 0 Å². The van der Waals surface area contributed by atoms with Crippen molar-refractivity contribution in [3.8, 4) is 0 Å². The zero-order valence-corrected chi connectivity index (χ0v) is 12.1. The van der Waals surface area contributed by atoms with Gasteiger partial charge in [-0.2, -0.15) is 0 Å². The minimum atomic E-state index is -3.53. The van der Waals surface area contributed by atoms with E-state index in [2.05, 4.69) is 4.72 Å². The molecule has 0 unspecified atom stereocenters. The third-order valence-electron chi connectivity index (χ3n) is 3.18. The van der Waals surface area contributed by atoms with Crippen molar-refractivity contribution in [3.63, 3.8) is 0 Å². The van der Waals surface area contributed by atoms with Gasteiger partial charge in [0.15, 0.2) is 0 Å². The summed E-state index contributed by atoms with van der Waals surface area (Å²) in [6, 6.07) is 12.5. The second-order valence-corrected chi connectivity index (χ2v) is 6.35. The summed E-state index contributed by atoms with van der Waals surface area (Å²) in [7, 11) is -3.53. The quantitative estimate of drug-likeness (QED) is 0.933. The molecule has 19 heavy (non-hydrogen) atoms. The van der Waals surface area contributed by atoms with E-state index in [4.69, 9.17) is 0 Å². The molecule has 0 saturated carbocycles. The maximum Gasteiger partial charge on any atom is 0.261 e. The van der Waals surface area contributed by atoms with E-state index in [0.717, 1.165) is 16.7 Å². The molecule has 3 nitrogen and oxygen atoms in total. The molecular weight excluding hydrogens is 258 g/mol. The maximum absolute atomic E-state index is 12.3. The van der Waals surface area contributed by atoms with Gasteiger partial charge in [0.25, 0.3) is 10.0 Å². The van der Waals surface area contributed by atoms with Gasteiger partial charge in [-0.1, -0.05) is 24.3 Å². The zero-order valence-electron chi connectivity index (χ0n) is 11.3. The minimum Gasteiger partial charge on any atom is -0.279 e. The van der Waals surface area contributed by atoms with Crippen molar-refractivity contribution in [2.75, 3.05) is 4.72 Å². The van der Waals surface area contributed by atoms with Gasteiger partial charge in [0.05, 0.1) is 10.6 Å². The molecule has 0 aliphatic heterocycles. The molecule has 2 aromatic rings. The number of aryl methyl sites for hydroxylation is 3. The van der Waals surface area contributed by atoms with Crippen molar-refractivity contribution in [1.82, 2.24) is 0 Å². The summed E-state index contributed by atoms with van der Waals surface area (Å²) in [5.74, 6) is 0. The number of rotatable bonds is 3. The largest absolute Gasteiger partial charge is 0.279 e. The van der Waals surface area contributed by atoms with Crippen molar-refractivity contribution >= 4 is 15.7 Å². The molecule has 0 aliphatic rings. The first-order chi connectivity index (χ1) is 8.90. The Morgan fingerprint density at radius 1 is 0.842 bits per heavy atom. The average molecular weight is 275 g/mol. The van der Waals surface area contributed by atoms with Crippen LogP contribution < -0.4 is 4.72 Å². The summed E-state index contributed by atoms with van der Waals surface area (Å²) in [6.07, 6.45) is 0. The number of benzene rings is 2. The van der Waals surface area contributed by atoms with Crippen LogP contribution in [-0.4, -0.2) is 8.42 Å². The van der Waals surface area contributed by atoms with Gasteiger partial charge in [0.2, 0.25) is 0 Å². The highest BCUT2D eigenvalue weighted by atomic mass is 32.2. The lowest BCUT2D eigenvalue weighted by Gasteiger charge is -2.11. The molecule has 0 spiro atoms. The van der Waals surface area contributed by atoms with Gasteiger partial charge in [-0.15, -0.1) is 0 Å². The molecular formula is C15H17NO2S. The summed E-state index contributed by atoms with van der Waals surface area (Å²) >= 11 is 0. The second-order valence-electron chi connectivity index (χ2n) is 4.67. The number of para-hydroxylation sites is 1. The van der Waals surface area contributed by atoms with Crippen molar-refractivity contribution in [2.24, 2.45) is 0 Å². The van der Waals surface area contributed by atoms with E-state index in [9.17, 15) is 8.42 Å². The molecule has 100 valence electrons. The van der Waals surface area contributed by atoms with E-state index in [1.165, 1.54) is 0 Å².